The quantitative estimate of drug-likeness (QED) is 0.398. The lowest BCUT2D eigenvalue weighted by atomic mass is 9.66. The molecule has 0 radical (unpaired) electrons. The molecule has 0 amide bonds. The van der Waals surface area contributed by atoms with Crippen LogP contribution in [0.5, 0.6) is 0 Å². The maximum Gasteiger partial charge on any atom is 0.220 e. The Morgan fingerprint density at radius 3 is 2.23 bits per heavy atom. The maximum absolute atomic E-state index is 8.87. The third-order valence-electron chi connectivity index (χ3n) is 7.52. The van der Waals surface area contributed by atoms with E-state index in [2.05, 4.69) is 76.6 Å². The third-order valence-corrected chi connectivity index (χ3v) is 7.52. The first-order valence-corrected chi connectivity index (χ1v) is 11.7. The van der Waals surface area contributed by atoms with Crippen molar-refractivity contribution in [3.05, 3.63) is 64.3 Å². The van der Waals surface area contributed by atoms with Gasteiger partial charge in [0.25, 0.3) is 0 Å². The maximum atomic E-state index is 8.87. The Hall–Kier alpha value is -2.15. The molecule has 6 rings (SSSR count). The monoisotopic (exact) mass is 399 g/mol. The van der Waals surface area contributed by atoms with Gasteiger partial charge in [0.15, 0.2) is 5.69 Å². The summed E-state index contributed by atoms with van der Waals surface area (Å²) in [5, 5.41) is 2.30. The second-order valence-electron chi connectivity index (χ2n) is 11.1. The fourth-order valence-corrected chi connectivity index (χ4v) is 6.00. The van der Waals surface area contributed by atoms with Crippen molar-refractivity contribution in [2.75, 3.05) is 0 Å². The average molecular weight is 400 g/mol. The van der Waals surface area contributed by atoms with Gasteiger partial charge in [-0.15, -0.1) is 0 Å². The van der Waals surface area contributed by atoms with Crippen molar-refractivity contribution in [1.82, 2.24) is 0 Å². The van der Waals surface area contributed by atoms with E-state index in [-0.39, 0.29) is 5.41 Å². The van der Waals surface area contributed by atoms with Crippen molar-refractivity contribution >= 4 is 10.8 Å². The molecule has 3 aliphatic carbocycles. The topological polar surface area (TPSA) is 3.88 Å². The van der Waals surface area contributed by atoms with Crippen LogP contribution in [0.2, 0.25) is 0 Å². The van der Waals surface area contributed by atoms with Crippen molar-refractivity contribution < 1.29 is 5.94 Å². The number of rotatable bonds is 2. The molecule has 1 heteroatoms. The first-order chi connectivity index (χ1) is 14.6. The van der Waals surface area contributed by atoms with E-state index in [9.17, 15) is 0 Å². The number of nitrogens with zero attached hydrogens (tertiary/aromatic N) is 1. The van der Waals surface area contributed by atoms with Crippen LogP contribution >= 0.6 is 0 Å². The van der Waals surface area contributed by atoms with E-state index < -0.39 is 0 Å². The van der Waals surface area contributed by atoms with Gasteiger partial charge in [0.05, 0.1) is 12.3 Å². The summed E-state index contributed by atoms with van der Waals surface area (Å²) in [5.74, 6) is 1.52. The summed E-state index contributed by atoms with van der Waals surface area (Å²) >= 11 is 0. The Labute approximate surface area is 183 Å². The predicted molar refractivity (Wildman–Crippen MR) is 127 cm³/mol. The molecule has 0 spiro atoms. The van der Waals surface area contributed by atoms with Crippen LogP contribution in [0.15, 0.2) is 36.4 Å². The highest BCUT2D eigenvalue weighted by Gasteiger charge is 2.34. The first-order valence-electron chi connectivity index (χ1n) is 12.2. The number of aromatic nitrogens is 1. The van der Waals surface area contributed by atoms with E-state index in [1.165, 1.54) is 53.5 Å². The van der Waals surface area contributed by atoms with E-state index in [1.54, 1.807) is 11.1 Å². The number of pyridine rings is 1. The van der Waals surface area contributed by atoms with Gasteiger partial charge in [0.2, 0.25) is 5.69 Å². The number of hydrogen-bond acceptors (Lipinski definition) is 0. The average Bonchev–Trinajstić information content (AvgIpc) is 2.72. The van der Waals surface area contributed by atoms with Gasteiger partial charge in [0, 0.05) is 13.0 Å². The van der Waals surface area contributed by atoms with Crippen LogP contribution in [-0.4, -0.2) is 0 Å². The van der Waals surface area contributed by atoms with Crippen molar-refractivity contribution in [2.45, 2.75) is 78.6 Å². The van der Waals surface area contributed by atoms with Crippen LogP contribution in [0.4, 0.5) is 0 Å². The molecule has 1 nitrogen and oxygen atoms in total. The third kappa shape index (κ3) is 3.27. The summed E-state index contributed by atoms with van der Waals surface area (Å²) in [5.41, 5.74) is 9.82. The van der Waals surface area contributed by atoms with Gasteiger partial charge in [-0.2, -0.15) is 4.57 Å². The lowest BCUT2D eigenvalue weighted by Crippen LogP contribution is -2.35. The van der Waals surface area contributed by atoms with E-state index in [0.717, 1.165) is 29.3 Å². The minimum Gasteiger partial charge on any atom is -0.198 e. The molecule has 0 saturated heterocycles. The standard InChI is InChI=1S/C29H36N/c1-18-13-26-21-8-10-22(11-9-21)27(26)16-25(18)28-24-12-7-20(17-29(3,4)5)15-23(24)14-19(2)30(28)6/h7,12-16,21-22H,8-11,17H2,1-6H3/q+1/i14D. The normalized spacial score (nSPS) is 21.1. The second kappa shape index (κ2) is 6.94. The summed E-state index contributed by atoms with van der Waals surface area (Å²) in [6.07, 6.45) is 6.48. The van der Waals surface area contributed by atoms with Crippen LogP contribution in [0.1, 0.15) is 87.6 Å². The van der Waals surface area contributed by atoms with Crippen LogP contribution in [0, 0.1) is 19.3 Å². The van der Waals surface area contributed by atoms with Crippen molar-refractivity contribution in [3.63, 3.8) is 0 Å². The molecule has 1 heterocycles. The Morgan fingerprint density at radius 2 is 1.60 bits per heavy atom. The van der Waals surface area contributed by atoms with Crippen molar-refractivity contribution in [1.29, 1.82) is 0 Å². The SMILES string of the molecule is [2H]c1c(C)[n+](C)c(-c2cc3c(cc2C)C2CCC3CC2)c2ccc(CC(C)(C)C)cc12. The second-order valence-corrected chi connectivity index (χ2v) is 11.1. The number of fused-ring (bicyclic) bond motifs is 3. The van der Waals surface area contributed by atoms with Crippen LogP contribution in [-0.2, 0) is 13.5 Å². The van der Waals surface area contributed by atoms with Gasteiger partial charge in [0.1, 0.15) is 7.05 Å². The van der Waals surface area contributed by atoms with E-state index in [0.29, 0.717) is 6.04 Å². The van der Waals surface area contributed by atoms with Crippen LogP contribution in [0.25, 0.3) is 22.0 Å². The minimum atomic E-state index is 0.238. The summed E-state index contributed by atoms with van der Waals surface area (Å²) in [7, 11) is 2.14. The lowest BCUT2D eigenvalue weighted by molar-refractivity contribution is -0.665. The summed E-state index contributed by atoms with van der Waals surface area (Å²) in [6, 6.07) is 12.5. The number of hydrogen-bond donors (Lipinski definition) is 0. The molecule has 156 valence electrons. The Balaban J connectivity index is 1.75. The zero-order valence-electron chi connectivity index (χ0n) is 20.5. The van der Waals surface area contributed by atoms with Gasteiger partial charge in [-0.1, -0.05) is 39.0 Å². The lowest BCUT2D eigenvalue weighted by Gasteiger charge is -2.38. The molecular formula is C29H36N+. The highest BCUT2D eigenvalue weighted by atomic mass is 14.9. The van der Waals surface area contributed by atoms with Crippen LogP contribution < -0.4 is 4.57 Å². The Morgan fingerprint density at radius 1 is 0.967 bits per heavy atom. The molecule has 30 heavy (non-hydrogen) atoms. The van der Waals surface area contributed by atoms with Gasteiger partial charge in [-0.25, -0.2) is 0 Å². The molecule has 3 aromatic rings. The fourth-order valence-electron chi connectivity index (χ4n) is 6.00. The molecule has 2 aromatic carbocycles. The van der Waals surface area contributed by atoms with E-state index in [4.69, 9.17) is 1.37 Å². The minimum absolute atomic E-state index is 0.238. The fraction of sp³-hybridized carbons (Fsp3) is 0.483. The number of benzene rings is 2. The van der Waals surface area contributed by atoms with Crippen molar-refractivity contribution in [2.24, 2.45) is 12.5 Å². The predicted octanol–water partition coefficient (Wildman–Crippen LogP) is 7.29. The smallest absolute Gasteiger partial charge is 0.198 e. The molecule has 0 aliphatic heterocycles. The summed E-state index contributed by atoms with van der Waals surface area (Å²) < 4.78 is 11.1. The molecule has 0 atom stereocenters. The molecule has 1 fully saturated rings. The molecule has 1 saturated carbocycles. The summed E-state index contributed by atoms with van der Waals surface area (Å²) in [4.78, 5) is 0. The molecular weight excluding hydrogens is 362 g/mol. The van der Waals surface area contributed by atoms with Gasteiger partial charge >= 0.3 is 0 Å². The molecule has 2 bridgehead atoms. The van der Waals surface area contributed by atoms with E-state index in [1.807, 2.05) is 0 Å². The number of aryl methyl sites for hydroxylation is 1. The van der Waals surface area contributed by atoms with Gasteiger partial charge in [-0.05, 0) is 96.1 Å². The Kier molecular flexibility index (Phi) is 4.30. The molecule has 0 unspecified atom stereocenters. The Bertz CT molecular complexity index is 1190. The van der Waals surface area contributed by atoms with Gasteiger partial charge in [-0.3, -0.25) is 0 Å². The highest BCUT2D eigenvalue weighted by Crippen LogP contribution is 2.50. The first kappa shape index (κ1) is 18.6. The molecule has 1 aromatic heterocycles. The zero-order valence-corrected chi connectivity index (χ0v) is 19.5. The largest absolute Gasteiger partial charge is 0.220 e. The zero-order chi connectivity index (χ0) is 22.1. The molecule has 0 N–H and O–H groups in total. The molecule has 3 aliphatic rings. The van der Waals surface area contributed by atoms with Gasteiger partial charge < -0.3 is 0 Å². The van der Waals surface area contributed by atoms with Crippen molar-refractivity contribution in [3.8, 4) is 11.3 Å². The summed E-state index contributed by atoms with van der Waals surface area (Å²) in [6.45, 7) is 11.2. The van der Waals surface area contributed by atoms with Crippen LogP contribution in [0.3, 0.4) is 0 Å². The van der Waals surface area contributed by atoms with E-state index >= 15 is 0 Å². The highest BCUT2D eigenvalue weighted by molar-refractivity contribution is 5.94.